The number of nitrogens with one attached hydrogen (secondary N) is 1. The largest absolute Gasteiger partial charge is 0.492 e. The summed E-state index contributed by atoms with van der Waals surface area (Å²) in [5.41, 5.74) is 1.34. The van der Waals surface area contributed by atoms with E-state index in [0.29, 0.717) is 5.92 Å². The van der Waals surface area contributed by atoms with Gasteiger partial charge in [-0.15, -0.1) is 0 Å². The van der Waals surface area contributed by atoms with Crippen LogP contribution in [0.2, 0.25) is 0 Å². The number of piperidine rings is 1. The number of hydrogen-bond acceptors (Lipinski definition) is 2. The minimum absolute atomic E-state index is 0.654. The van der Waals surface area contributed by atoms with Gasteiger partial charge in [-0.2, -0.15) is 0 Å². The number of benzene rings is 1. The number of aryl methyl sites for hydroxylation is 1. The Kier molecular flexibility index (Phi) is 4.86. The second-order valence-electron chi connectivity index (χ2n) is 4.64. The van der Waals surface area contributed by atoms with Crippen molar-refractivity contribution in [2.45, 2.75) is 26.2 Å². The highest BCUT2D eigenvalue weighted by Gasteiger charge is 2.14. The fourth-order valence-electron chi connectivity index (χ4n) is 2.16. The van der Waals surface area contributed by atoms with E-state index in [9.17, 15) is 0 Å². The summed E-state index contributed by atoms with van der Waals surface area (Å²) in [6.45, 7) is 5.23. The van der Waals surface area contributed by atoms with Crippen LogP contribution in [0.25, 0.3) is 0 Å². The van der Waals surface area contributed by atoms with Crippen LogP contribution in [0.15, 0.2) is 22.7 Å². The molecule has 0 aromatic heterocycles. The summed E-state index contributed by atoms with van der Waals surface area (Å²) >= 11 is 3.57. The maximum Gasteiger partial charge on any atom is 0.133 e. The van der Waals surface area contributed by atoms with Crippen molar-refractivity contribution in [3.8, 4) is 5.75 Å². The Hall–Kier alpha value is -0.540. The smallest absolute Gasteiger partial charge is 0.133 e. The van der Waals surface area contributed by atoms with Gasteiger partial charge in [0.2, 0.25) is 0 Å². The maximum atomic E-state index is 5.89. The number of halogens is 1. The summed E-state index contributed by atoms with van der Waals surface area (Å²) in [6.07, 6.45) is 3.60. The van der Waals surface area contributed by atoms with Gasteiger partial charge in [0.1, 0.15) is 5.75 Å². The topological polar surface area (TPSA) is 21.3 Å². The van der Waals surface area contributed by atoms with Gasteiger partial charge in [0.25, 0.3) is 0 Å². The van der Waals surface area contributed by atoms with Crippen molar-refractivity contribution in [3.05, 3.63) is 28.2 Å². The van der Waals surface area contributed by atoms with Crippen molar-refractivity contribution in [2.24, 2.45) is 5.92 Å². The molecule has 1 aromatic rings. The molecule has 2 rings (SSSR count). The Morgan fingerprint density at radius 2 is 2.35 bits per heavy atom. The van der Waals surface area contributed by atoms with Gasteiger partial charge in [-0.1, -0.05) is 13.0 Å². The second kappa shape index (κ2) is 6.41. The highest BCUT2D eigenvalue weighted by atomic mass is 79.9. The van der Waals surface area contributed by atoms with Crippen molar-refractivity contribution >= 4 is 15.9 Å². The Balaban J connectivity index is 1.89. The maximum absolute atomic E-state index is 5.89. The molecule has 1 aliphatic heterocycles. The first kappa shape index (κ1) is 12.9. The van der Waals surface area contributed by atoms with Crippen LogP contribution in [-0.4, -0.2) is 19.7 Å². The summed E-state index contributed by atoms with van der Waals surface area (Å²) < 4.78 is 6.96. The Labute approximate surface area is 112 Å². The minimum Gasteiger partial charge on any atom is -0.492 e. The van der Waals surface area contributed by atoms with Crippen LogP contribution in [0.4, 0.5) is 0 Å². The fourth-order valence-corrected chi connectivity index (χ4v) is 2.70. The standard InChI is InChI=1S/C14H20BrNO/c1-2-11-5-6-14(13(15)8-11)17-10-12-4-3-7-16-9-12/h5-6,8,12,16H,2-4,7,9-10H2,1H3/t12-/m1/s1. The van der Waals surface area contributed by atoms with Crippen LogP contribution in [-0.2, 0) is 6.42 Å². The van der Waals surface area contributed by atoms with E-state index in [1.165, 1.54) is 18.4 Å². The molecule has 1 aromatic carbocycles. The molecule has 1 atom stereocenters. The summed E-state index contributed by atoms with van der Waals surface area (Å²) in [6, 6.07) is 6.35. The first-order valence-corrected chi connectivity index (χ1v) is 7.21. The average molecular weight is 298 g/mol. The molecule has 0 aliphatic carbocycles. The number of rotatable bonds is 4. The van der Waals surface area contributed by atoms with Crippen molar-refractivity contribution in [2.75, 3.05) is 19.7 Å². The van der Waals surface area contributed by atoms with E-state index in [4.69, 9.17) is 4.74 Å². The summed E-state index contributed by atoms with van der Waals surface area (Å²) in [5.74, 6) is 1.62. The molecule has 3 heteroatoms. The molecule has 1 N–H and O–H groups in total. The molecular formula is C14H20BrNO. The van der Waals surface area contributed by atoms with Gasteiger partial charge in [-0.05, 0) is 59.4 Å². The molecule has 0 bridgehead atoms. The monoisotopic (exact) mass is 297 g/mol. The average Bonchev–Trinajstić information content (AvgIpc) is 2.38. The molecule has 0 saturated carbocycles. The summed E-state index contributed by atoms with van der Waals surface area (Å²) in [4.78, 5) is 0. The predicted molar refractivity (Wildman–Crippen MR) is 74.6 cm³/mol. The number of ether oxygens (including phenoxy) is 1. The van der Waals surface area contributed by atoms with Gasteiger partial charge >= 0.3 is 0 Å². The molecule has 1 aliphatic rings. The van der Waals surface area contributed by atoms with Crippen molar-refractivity contribution < 1.29 is 4.74 Å². The van der Waals surface area contributed by atoms with Gasteiger partial charge in [0.05, 0.1) is 11.1 Å². The molecular weight excluding hydrogens is 278 g/mol. The zero-order valence-corrected chi connectivity index (χ0v) is 11.9. The molecule has 2 nitrogen and oxygen atoms in total. The SMILES string of the molecule is CCc1ccc(OC[C@@H]2CCCNC2)c(Br)c1. The van der Waals surface area contributed by atoms with Crippen molar-refractivity contribution in [1.29, 1.82) is 0 Å². The van der Waals surface area contributed by atoms with E-state index in [0.717, 1.165) is 36.3 Å². The third kappa shape index (κ3) is 3.71. The Morgan fingerprint density at radius 1 is 1.47 bits per heavy atom. The van der Waals surface area contributed by atoms with E-state index in [-0.39, 0.29) is 0 Å². The quantitative estimate of drug-likeness (QED) is 0.920. The zero-order valence-electron chi connectivity index (χ0n) is 10.3. The molecule has 0 spiro atoms. The van der Waals surface area contributed by atoms with Crippen LogP contribution in [0, 0.1) is 5.92 Å². The lowest BCUT2D eigenvalue weighted by Crippen LogP contribution is -2.33. The molecule has 17 heavy (non-hydrogen) atoms. The lowest BCUT2D eigenvalue weighted by Gasteiger charge is -2.23. The first-order valence-electron chi connectivity index (χ1n) is 6.41. The van der Waals surface area contributed by atoms with E-state index < -0.39 is 0 Å². The van der Waals surface area contributed by atoms with Gasteiger partial charge < -0.3 is 10.1 Å². The Morgan fingerprint density at radius 3 is 3.00 bits per heavy atom. The fraction of sp³-hybridized carbons (Fsp3) is 0.571. The first-order chi connectivity index (χ1) is 8.29. The molecule has 1 saturated heterocycles. The minimum atomic E-state index is 0.654. The van der Waals surface area contributed by atoms with Crippen LogP contribution < -0.4 is 10.1 Å². The van der Waals surface area contributed by atoms with Crippen LogP contribution in [0.5, 0.6) is 5.75 Å². The summed E-state index contributed by atoms with van der Waals surface area (Å²) in [5, 5.41) is 3.41. The third-order valence-corrected chi connectivity index (χ3v) is 3.90. The highest BCUT2D eigenvalue weighted by Crippen LogP contribution is 2.27. The van der Waals surface area contributed by atoms with Gasteiger partial charge in [0.15, 0.2) is 0 Å². The van der Waals surface area contributed by atoms with Crippen LogP contribution in [0.3, 0.4) is 0 Å². The van der Waals surface area contributed by atoms with Crippen LogP contribution >= 0.6 is 15.9 Å². The van der Waals surface area contributed by atoms with Gasteiger partial charge in [-0.25, -0.2) is 0 Å². The van der Waals surface area contributed by atoms with Crippen molar-refractivity contribution in [1.82, 2.24) is 5.32 Å². The third-order valence-electron chi connectivity index (χ3n) is 3.28. The predicted octanol–water partition coefficient (Wildman–Crippen LogP) is 3.39. The van der Waals surface area contributed by atoms with Gasteiger partial charge in [0, 0.05) is 12.5 Å². The highest BCUT2D eigenvalue weighted by molar-refractivity contribution is 9.10. The molecule has 1 heterocycles. The van der Waals surface area contributed by atoms with E-state index in [1.807, 2.05) is 0 Å². The Bertz CT molecular complexity index is 361. The molecule has 0 amide bonds. The normalized spacial score (nSPS) is 20.2. The van der Waals surface area contributed by atoms with Gasteiger partial charge in [-0.3, -0.25) is 0 Å². The molecule has 0 radical (unpaired) electrons. The molecule has 94 valence electrons. The molecule has 0 unspecified atom stereocenters. The number of hydrogen-bond donors (Lipinski definition) is 1. The van der Waals surface area contributed by atoms with E-state index in [2.05, 4.69) is 46.4 Å². The zero-order chi connectivity index (χ0) is 12.1. The summed E-state index contributed by atoms with van der Waals surface area (Å²) in [7, 11) is 0. The lowest BCUT2D eigenvalue weighted by molar-refractivity contribution is 0.217. The van der Waals surface area contributed by atoms with E-state index >= 15 is 0 Å². The lowest BCUT2D eigenvalue weighted by atomic mass is 10.0. The van der Waals surface area contributed by atoms with E-state index in [1.54, 1.807) is 0 Å². The van der Waals surface area contributed by atoms with Crippen molar-refractivity contribution in [3.63, 3.8) is 0 Å². The van der Waals surface area contributed by atoms with Crippen LogP contribution in [0.1, 0.15) is 25.3 Å². The second-order valence-corrected chi connectivity index (χ2v) is 5.50. The molecule has 1 fully saturated rings.